The van der Waals surface area contributed by atoms with Crippen LogP contribution in [-0.4, -0.2) is 23.5 Å². The van der Waals surface area contributed by atoms with Crippen molar-refractivity contribution in [3.63, 3.8) is 0 Å². The third-order valence-electron chi connectivity index (χ3n) is 3.68. The fraction of sp³-hybridized carbons (Fsp3) is 0.353. The lowest BCUT2D eigenvalue weighted by molar-refractivity contribution is -0.150. The molecule has 1 amide bonds. The van der Waals surface area contributed by atoms with Crippen molar-refractivity contribution in [2.75, 3.05) is 6.61 Å². The van der Waals surface area contributed by atoms with Crippen molar-refractivity contribution in [1.82, 2.24) is 10.3 Å². The Morgan fingerprint density at radius 3 is 2.65 bits per heavy atom. The lowest BCUT2D eigenvalue weighted by atomic mass is 9.93. The van der Waals surface area contributed by atoms with E-state index in [0.717, 1.165) is 10.4 Å². The molecule has 0 radical (unpaired) electrons. The Morgan fingerprint density at radius 1 is 1.39 bits per heavy atom. The minimum absolute atomic E-state index is 0.238. The molecule has 1 atom stereocenters. The summed E-state index contributed by atoms with van der Waals surface area (Å²) in [5.41, 5.74) is 0.351. The van der Waals surface area contributed by atoms with Gasteiger partial charge in [-0.1, -0.05) is 6.07 Å². The largest absolute Gasteiger partial charge is 0.464 e. The number of rotatable bonds is 5. The zero-order chi connectivity index (χ0) is 17.0. The number of pyridine rings is 1. The van der Waals surface area contributed by atoms with Gasteiger partial charge in [-0.3, -0.25) is 9.78 Å². The van der Waals surface area contributed by atoms with E-state index < -0.39 is 11.5 Å². The SMILES string of the molecule is CCOC(=O)[C@@](C)(NC(=O)c1cc(C)c(C)s1)c1cccnc1. The Kier molecular flexibility index (Phi) is 5.15. The first-order chi connectivity index (χ1) is 10.9. The lowest BCUT2D eigenvalue weighted by Crippen LogP contribution is -2.50. The molecule has 2 heterocycles. The number of carbonyl (C=O) groups excluding carboxylic acids is 2. The maximum atomic E-state index is 12.6. The summed E-state index contributed by atoms with van der Waals surface area (Å²) in [6, 6.07) is 5.29. The van der Waals surface area contributed by atoms with E-state index in [1.165, 1.54) is 11.3 Å². The van der Waals surface area contributed by atoms with Crippen LogP contribution in [0.25, 0.3) is 0 Å². The number of ether oxygens (including phenoxy) is 1. The summed E-state index contributed by atoms with van der Waals surface area (Å²) in [5, 5.41) is 2.81. The average molecular weight is 332 g/mol. The Balaban J connectivity index is 2.35. The highest BCUT2D eigenvalue weighted by molar-refractivity contribution is 7.14. The summed E-state index contributed by atoms with van der Waals surface area (Å²) in [6.45, 7) is 7.51. The first-order valence-electron chi connectivity index (χ1n) is 7.35. The molecule has 0 unspecified atom stereocenters. The maximum Gasteiger partial charge on any atom is 0.336 e. The zero-order valence-electron chi connectivity index (χ0n) is 13.7. The fourth-order valence-electron chi connectivity index (χ4n) is 2.15. The second-order valence-corrected chi connectivity index (χ2v) is 6.65. The van der Waals surface area contributed by atoms with Gasteiger partial charge in [-0.05, 0) is 45.4 Å². The van der Waals surface area contributed by atoms with E-state index in [4.69, 9.17) is 4.74 Å². The number of amides is 1. The van der Waals surface area contributed by atoms with E-state index >= 15 is 0 Å². The molecule has 23 heavy (non-hydrogen) atoms. The number of carbonyl (C=O) groups is 2. The zero-order valence-corrected chi connectivity index (χ0v) is 14.5. The molecule has 5 nitrogen and oxygen atoms in total. The highest BCUT2D eigenvalue weighted by Gasteiger charge is 2.39. The van der Waals surface area contributed by atoms with Crippen LogP contribution in [0.3, 0.4) is 0 Å². The number of hydrogen-bond acceptors (Lipinski definition) is 5. The summed E-state index contributed by atoms with van der Waals surface area (Å²) in [4.78, 5) is 30.7. The van der Waals surface area contributed by atoms with Gasteiger partial charge in [0.2, 0.25) is 0 Å². The molecular formula is C17H20N2O3S. The molecule has 1 N–H and O–H groups in total. The normalized spacial score (nSPS) is 13.2. The third kappa shape index (κ3) is 3.59. The molecule has 2 rings (SSSR count). The fourth-order valence-corrected chi connectivity index (χ4v) is 3.08. The second-order valence-electron chi connectivity index (χ2n) is 5.39. The summed E-state index contributed by atoms with van der Waals surface area (Å²) < 4.78 is 5.15. The number of thiophene rings is 1. The summed E-state index contributed by atoms with van der Waals surface area (Å²) in [7, 11) is 0. The third-order valence-corrected chi connectivity index (χ3v) is 4.83. The van der Waals surface area contributed by atoms with Crippen LogP contribution in [0.15, 0.2) is 30.6 Å². The molecule has 0 bridgehead atoms. The van der Waals surface area contributed by atoms with Gasteiger partial charge in [0.25, 0.3) is 5.91 Å². The summed E-state index contributed by atoms with van der Waals surface area (Å²) >= 11 is 1.40. The molecule has 122 valence electrons. The minimum atomic E-state index is -1.28. The first kappa shape index (κ1) is 17.1. The predicted octanol–water partition coefficient (Wildman–Crippen LogP) is 2.97. The molecule has 0 spiro atoms. The van der Waals surface area contributed by atoms with Crippen LogP contribution < -0.4 is 5.32 Å². The molecule has 0 fully saturated rings. The molecule has 2 aromatic heterocycles. The molecular weight excluding hydrogens is 312 g/mol. The highest BCUT2D eigenvalue weighted by atomic mass is 32.1. The maximum absolute atomic E-state index is 12.6. The van der Waals surface area contributed by atoms with Gasteiger partial charge >= 0.3 is 5.97 Å². The van der Waals surface area contributed by atoms with Gasteiger partial charge in [0, 0.05) is 22.8 Å². The number of aryl methyl sites for hydroxylation is 2. The van der Waals surface area contributed by atoms with Crippen molar-refractivity contribution in [2.24, 2.45) is 0 Å². The molecule has 2 aromatic rings. The molecule has 0 saturated heterocycles. The average Bonchev–Trinajstić information content (AvgIpc) is 2.88. The predicted molar refractivity (Wildman–Crippen MR) is 89.5 cm³/mol. The first-order valence-corrected chi connectivity index (χ1v) is 8.17. The molecule has 0 aliphatic rings. The standard InChI is InChI=1S/C17H20N2O3S/c1-5-22-16(21)17(4,13-7-6-8-18-10-13)19-15(20)14-9-11(2)12(3)23-14/h6-10H,5H2,1-4H3,(H,19,20)/t17-/m0/s1. The van der Waals surface area contributed by atoms with Crippen molar-refractivity contribution < 1.29 is 14.3 Å². The Labute approximate surface area is 139 Å². The number of nitrogens with zero attached hydrogens (tertiary/aromatic N) is 1. The van der Waals surface area contributed by atoms with Crippen LogP contribution in [0.2, 0.25) is 0 Å². The van der Waals surface area contributed by atoms with Crippen molar-refractivity contribution in [3.8, 4) is 0 Å². The van der Waals surface area contributed by atoms with E-state index in [9.17, 15) is 9.59 Å². The second kappa shape index (κ2) is 6.91. The Morgan fingerprint density at radius 2 is 2.13 bits per heavy atom. The molecule has 0 aliphatic carbocycles. The van der Waals surface area contributed by atoms with Crippen LogP contribution in [0.5, 0.6) is 0 Å². The summed E-state index contributed by atoms with van der Waals surface area (Å²) in [6.07, 6.45) is 3.17. The van der Waals surface area contributed by atoms with Gasteiger partial charge in [-0.15, -0.1) is 11.3 Å². The van der Waals surface area contributed by atoms with Crippen LogP contribution in [0.1, 0.15) is 39.5 Å². The van der Waals surface area contributed by atoms with Crippen LogP contribution in [0, 0.1) is 13.8 Å². The van der Waals surface area contributed by atoms with E-state index in [1.54, 1.807) is 38.4 Å². The molecule has 0 aliphatic heterocycles. The minimum Gasteiger partial charge on any atom is -0.464 e. The molecule has 6 heteroatoms. The van der Waals surface area contributed by atoms with Gasteiger partial charge in [-0.25, -0.2) is 4.79 Å². The molecule has 0 aromatic carbocycles. The highest BCUT2D eigenvalue weighted by Crippen LogP contribution is 2.25. The Bertz CT molecular complexity index is 692. The van der Waals surface area contributed by atoms with Crippen LogP contribution >= 0.6 is 11.3 Å². The lowest BCUT2D eigenvalue weighted by Gasteiger charge is -2.28. The topological polar surface area (TPSA) is 68.3 Å². The van der Waals surface area contributed by atoms with Crippen LogP contribution in [0.4, 0.5) is 0 Å². The Hall–Kier alpha value is -2.21. The van der Waals surface area contributed by atoms with Crippen molar-refractivity contribution >= 4 is 23.2 Å². The number of aromatic nitrogens is 1. The number of esters is 1. The van der Waals surface area contributed by atoms with Crippen molar-refractivity contribution in [2.45, 2.75) is 33.2 Å². The smallest absolute Gasteiger partial charge is 0.336 e. The van der Waals surface area contributed by atoms with E-state index in [0.29, 0.717) is 10.4 Å². The van der Waals surface area contributed by atoms with E-state index in [-0.39, 0.29) is 12.5 Å². The van der Waals surface area contributed by atoms with Gasteiger partial charge in [-0.2, -0.15) is 0 Å². The van der Waals surface area contributed by atoms with Gasteiger partial charge < -0.3 is 10.1 Å². The quantitative estimate of drug-likeness (QED) is 0.855. The van der Waals surface area contributed by atoms with Crippen molar-refractivity contribution in [1.29, 1.82) is 0 Å². The summed E-state index contributed by atoms with van der Waals surface area (Å²) in [5.74, 6) is -0.808. The van der Waals surface area contributed by atoms with Gasteiger partial charge in [0.05, 0.1) is 11.5 Å². The van der Waals surface area contributed by atoms with E-state index in [1.807, 2.05) is 19.9 Å². The van der Waals surface area contributed by atoms with Gasteiger partial charge in [0.15, 0.2) is 5.54 Å². The molecule has 0 saturated carbocycles. The van der Waals surface area contributed by atoms with Gasteiger partial charge in [0.1, 0.15) is 0 Å². The number of hydrogen-bond donors (Lipinski definition) is 1. The van der Waals surface area contributed by atoms with E-state index in [2.05, 4.69) is 10.3 Å². The van der Waals surface area contributed by atoms with Crippen molar-refractivity contribution in [3.05, 3.63) is 51.5 Å². The monoisotopic (exact) mass is 332 g/mol. The number of nitrogens with one attached hydrogen (secondary N) is 1. The van der Waals surface area contributed by atoms with Crippen LogP contribution in [-0.2, 0) is 15.1 Å².